The first kappa shape index (κ1) is 26.6. The van der Waals surface area contributed by atoms with Crippen LogP contribution in [-0.4, -0.2) is 21.7 Å². The van der Waals surface area contributed by atoms with Crippen molar-refractivity contribution in [2.45, 2.75) is 33.4 Å². The van der Waals surface area contributed by atoms with E-state index in [0.717, 1.165) is 44.8 Å². The molecule has 0 bridgehead atoms. The number of hydrazone groups is 1. The zero-order valence-electron chi connectivity index (χ0n) is 20.2. The number of thiazole rings is 1. The second kappa shape index (κ2) is 10.9. The summed E-state index contributed by atoms with van der Waals surface area (Å²) in [4.78, 5) is 16.6. The smallest absolute Gasteiger partial charge is 0.332 e. The molecule has 2 aromatic carbocycles. The van der Waals surface area contributed by atoms with E-state index in [2.05, 4.69) is 47.4 Å². The van der Waals surface area contributed by atoms with Gasteiger partial charge < -0.3 is 9.88 Å². The van der Waals surface area contributed by atoms with E-state index in [1.807, 2.05) is 39.0 Å². The highest BCUT2D eigenvalue weighted by molar-refractivity contribution is 9.10. The number of benzene rings is 2. The fourth-order valence-corrected chi connectivity index (χ4v) is 4.78. The van der Waals surface area contributed by atoms with Gasteiger partial charge in [0.05, 0.1) is 23.9 Å². The molecule has 0 saturated carbocycles. The van der Waals surface area contributed by atoms with Crippen molar-refractivity contribution in [1.82, 2.24) is 15.0 Å². The summed E-state index contributed by atoms with van der Waals surface area (Å²) in [7, 11) is 0. The Morgan fingerprint density at radius 2 is 1.95 bits per heavy atom. The molecule has 6 nitrogen and oxygen atoms in total. The molecule has 0 saturated heterocycles. The first-order chi connectivity index (χ1) is 17.5. The molecule has 4 aromatic rings. The molecule has 192 valence electrons. The predicted molar refractivity (Wildman–Crippen MR) is 144 cm³/mol. The van der Waals surface area contributed by atoms with E-state index in [1.54, 1.807) is 11.6 Å². The number of hydrogen-bond acceptors (Lipinski definition) is 5. The minimum atomic E-state index is -4.43. The molecule has 4 rings (SSSR count). The summed E-state index contributed by atoms with van der Waals surface area (Å²) >= 11 is 4.72. The monoisotopic (exact) mass is 589 g/mol. The first-order valence-corrected chi connectivity index (χ1v) is 12.8. The van der Waals surface area contributed by atoms with Crippen LogP contribution in [0.5, 0.6) is 0 Å². The van der Waals surface area contributed by atoms with Crippen LogP contribution in [0.2, 0.25) is 0 Å². The van der Waals surface area contributed by atoms with Gasteiger partial charge in [-0.15, -0.1) is 11.3 Å². The molecule has 1 amide bonds. The number of hydrogen-bond donors (Lipinski definition) is 2. The molecule has 0 atom stereocenters. The molecule has 11 heteroatoms. The van der Waals surface area contributed by atoms with Gasteiger partial charge in [-0.3, -0.25) is 4.79 Å². The summed E-state index contributed by atoms with van der Waals surface area (Å²) in [6.45, 7) is 6.03. The van der Waals surface area contributed by atoms with Crippen molar-refractivity contribution in [2.75, 3.05) is 5.32 Å². The van der Waals surface area contributed by atoms with E-state index in [1.165, 1.54) is 23.5 Å². The van der Waals surface area contributed by atoms with Gasteiger partial charge in [0.15, 0.2) is 5.13 Å². The highest BCUT2D eigenvalue weighted by Gasteiger charge is 2.30. The van der Waals surface area contributed by atoms with E-state index in [4.69, 9.17) is 0 Å². The zero-order valence-corrected chi connectivity index (χ0v) is 22.6. The van der Waals surface area contributed by atoms with Crippen LogP contribution in [0.15, 0.2) is 63.5 Å². The molecule has 0 spiro atoms. The molecule has 0 aliphatic rings. The third-order valence-electron chi connectivity index (χ3n) is 5.60. The number of alkyl halides is 3. The Labute approximate surface area is 224 Å². The van der Waals surface area contributed by atoms with Crippen molar-refractivity contribution in [2.24, 2.45) is 5.10 Å². The van der Waals surface area contributed by atoms with Gasteiger partial charge in [-0.1, -0.05) is 22.0 Å². The highest BCUT2D eigenvalue weighted by Crippen LogP contribution is 2.32. The number of nitrogens with zero attached hydrogens (tertiary/aromatic N) is 3. The maximum Gasteiger partial charge on any atom is 0.416 e. The number of carbonyl (C=O) groups excluding carboxylic acids is 1. The molecule has 2 aromatic heterocycles. The van der Waals surface area contributed by atoms with E-state index >= 15 is 0 Å². The van der Waals surface area contributed by atoms with Gasteiger partial charge in [-0.05, 0) is 68.8 Å². The number of amides is 1. The van der Waals surface area contributed by atoms with Gasteiger partial charge >= 0.3 is 6.18 Å². The average Bonchev–Trinajstić information content (AvgIpc) is 3.38. The number of rotatable bonds is 7. The van der Waals surface area contributed by atoms with Crippen molar-refractivity contribution in [3.8, 4) is 5.69 Å². The van der Waals surface area contributed by atoms with Crippen molar-refractivity contribution in [1.29, 1.82) is 0 Å². The molecule has 0 aliphatic carbocycles. The van der Waals surface area contributed by atoms with Gasteiger partial charge in [0, 0.05) is 38.2 Å². The topological polar surface area (TPSA) is 71.3 Å². The third kappa shape index (κ3) is 6.47. The standard InChI is InChI=1S/C26H23BrF3N5OS/c1-15-9-22(7-8-23(15)27)35-16(2)10-18(17(35)3)13-31-34-24(36)12-21-14-37-25(33-21)32-20-6-4-5-19(11-20)26(28,29)30/h4-11,13-14H,12H2,1-3H3,(H,32,33)(H,34,36)/b31-13-. The Hall–Kier alpha value is -3.44. The predicted octanol–water partition coefficient (Wildman–Crippen LogP) is 7.08. The number of aromatic nitrogens is 2. The Morgan fingerprint density at radius 1 is 1.16 bits per heavy atom. The lowest BCUT2D eigenvalue weighted by Crippen LogP contribution is -2.20. The Bertz CT molecular complexity index is 1480. The summed E-state index contributed by atoms with van der Waals surface area (Å²) in [5.74, 6) is -0.357. The third-order valence-corrected chi connectivity index (χ3v) is 7.29. The molecule has 0 fully saturated rings. The molecule has 0 unspecified atom stereocenters. The number of halogens is 4. The molecule has 0 radical (unpaired) electrons. The summed E-state index contributed by atoms with van der Waals surface area (Å²) in [6.07, 6.45) is -2.85. The number of carbonyl (C=O) groups is 1. The fraction of sp³-hybridized carbons (Fsp3) is 0.192. The Morgan fingerprint density at radius 3 is 2.68 bits per heavy atom. The van der Waals surface area contributed by atoms with E-state index in [0.29, 0.717) is 10.8 Å². The lowest BCUT2D eigenvalue weighted by molar-refractivity contribution is -0.137. The summed E-state index contributed by atoms with van der Waals surface area (Å²) in [5, 5.41) is 9.01. The fourth-order valence-electron chi connectivity index (χ4n) is 3.80. The summed E-state index contributed by atoms with van der Waals surface area (Å²) in [5.41, 5.74) is 7.57. The molecule has 37 heavy (non-hydrogen) atoms. The van der Waals surface area contributed by atoms with Crippen LogP contribution in [0, 0.1) is 20.8 Å². The van der Waals surface area contributed by atoms with Crippen LogP contribution in [0.4, 0.5) is 24.0 Å². The van der Waals surface area contributed by atoms with Crippen molar-refractivity contribution >= 4 is 50.2 Å². The zero-order chi connectivity index (χ0) is 26.7. The van der Waals surface area contributed by atoms with Gasteiger partial charge in [-0.2, -0.15) is 18.3 Å². The molecule has 0 aliphatic heterocycles. The average molecular weight is 590 g/mol. The molecular weight excluding hydrogens is 567 g/mol. The maximum absolute atomic E-state index is 12.9. The van der Waals surface area contributed by atoms with Crippen molar-refractivity contribution in [3.05, 3.63) is 92.2 Å². The van der Waals surface area contributed by atoms with Crippen LogP contribution in [0.25, 0.3) is 5.69 Å². The van der Waals surface area contributed by atoms with Gasteiger partial charge in [0.1, 0.15) is 0 Å². The number of anilines is 2. The second-order valence-electron chi connectivity index (χ2n) is 8.41. The minimum Gasteiger partial charge on any atom is -0.332 e. The van der Waals surface area contributed by atoms with Gasteiger partial charge in [0.25, 0.3) is 0 Å². The summed E-state index contributed by atoms with van der Waals surface area (Å²) in [6, 6.07) is 13.0. The first-order valence-electron chi connectivity index (χ1n) is 11.2. The van der Waals surface area contributed by atoms with Gasteiger partial charge in [-0.25, -0.2) is 10.4 Å². The van der Waals surface area contributed by atoms with Crippen LogP contribution >= 0.6 is 27.3 Å². The molecule has 2 heterocycles. The van der Waals surface area contributed by atoms with Crippen LogP contribution < -0.4 is 10.7 Å². The lowest BCUT2D eigenvalue weighted by atomic mass is 10.2. The highest BCUT2D eigenvalue weighted by atomic mass is 79.9. The minimum absolute atomic E-state index is 0.0185. The van der Waals surface area contributed by atoms with E-state index < -0.39 is 11.7 Å². The van der Waals surface area contributed by atoms with E-state index in [-0.39, 0.29) is 18.0 Å². The quantitative estimate of drug-likeness (QED) is 0.179. The lowest BCUT2D eigenvalue weighted by Gasteiger charge is -2.11. The largest absolute Gasteiger partial charge is 0.416 e. The Kier molecular flexibility index (Phi) is 7.84. The van der Waals surface area contributed by atoms with Crippen LogP contribution in [0.1, 0.15) is 33.8 Å². The maximum atomic E-state index is 12.9. The number of aryl methyl sites for hydroxylation is 2. The second-order valence-corrected chi connectivity index (χ2v) is 10.1. The molecule has 2 N–H and O–H groups in total. The van der Waals surface area contributed by atoms with Crippen molar-refractivity contribution < 1.29 is 18.0 Å². The Balaban J connectivity index is 1.36. The van der Waals surface area contributed by atoms with Crippen LogP contribution in [0.3, 0.4) is 0 Å². The van der Waals surface area contributed by atoms with Crippen molar-refractivity contribution in [3.63, 3.8) is 0 Å². The van der Waals surface area contributed by atoms with Gasteiger partial charge in [0.2, 0.25) is 5.91 Å². The molecular formula is C26H23BrF3N5OS. The normalized spacial score (nSPS) is 11.8. The van der Waals surface area contributed by atoms with E-state index in [9.17, 15) is 18.0 Å². The van der Waals surface area contributed by atoms with Crippen LogP contribution in [-0.2, 0) is 17.4 Å². The summed E-state index contributed by atoms with van der Waals surface area (Å²) < 4.78 is 41.9. The SMILES string of the molecule is Cc1cc(-n2c(C)cc(/C=N\NC(=O)Cc3csc(Nc4cccc(C(F)(F)F)c4)n3)c2C)ccc1Br. The number of nitrogens with one attached hydrogen (secondary N) is 2.